The fourth-order valence-corrected chi connectivity index (χ4v) is 4.92. The van der Waals surface area contributed by atoms with Gasteiger partial charge < -0.3 is 25.4 Å². The average Bonchev–Trinajstić information content (AvgIpc) is 3.62. The monoisotopic (exact) mass is 541 g/mol. The summed E-state index contributed by atoms with van der Waals surface area (Å²) in [6, 6.07) is 2.93. The number of aliphatic hydroxyl groups excluding tert-OH is 3. The summed E-state index contributed by atoms with van der Waals surface area (Å²) in [4.78, 5) is 25.5. The Morgan fingerprint density at radius 1 is 1.08 bits per heavy atom. The van der Waals surface area contributed by atoms with Crippen molar-refractivity contribution < 1.29 is 24.4 Å². The van der Waals surface area contributed by atoms with Gasteiger partial charge >= 0.3 is 0 Å². The van der Waals surface area contributed by atoms with Crippen molar-refractivity contribution in [2.45, 2.75) is 37.6 Å². The summed E-state index contributed by atoms with van der Waals surface area (Å²) in [6.45, 7) is 1.23. The number of rotatable bonds is 6. The van der Waals surface area contributed by atoms with E-state index in [0.717, 1.165) is 5.56 Å². The molecule has 1 aromatic carbocycles. The van der Waals surface area contributed by atoms with Crippen LogP contribution in [-0.4, -0.2) is 79.3 Å². The molecule has 4 atom stereocenters. The fourth-order valence-electron chi connectivity index (χ4n) is 4.70. The zero-order valence-electron chi connectivity index (χ0n) is 19.8. The number of aromatic nitrogens is 8. The second-order valence-electron chi connectivity index (χ2n) is 8.80. The zero-order chi connectivity index (χ0) is 26.6. The van der Waals surface area contributed by atoms with Crippen LogP contribution in [0.15, 0.2) is 43.6 Å². The van der Waals surface area contributed by atoms with E-state index in [4.69, 9.17) is 16.3 Å². The number of hydrogen-bond acceptors (Lipinski definition) is 11. The molecule has 5 heterocycles. The molecule has 1 aliphatic heterocycles. The van der Waals surface area contributed by atoms with Crippen molar-refractivity contribution in [2.24, 2.45) is 0 Å². The zero-order valence-corrected chi connectivity index (χ0v) is 20.5. The highest BCUT2D eigenvalue weighted by Crippen LogP contribution is 2.40. The number of imidazole rings is 2. The van der Waals surface area contributed by atoms with Crippen LogP contribution in [-0.2, 0) is 17.1 Å². The van der Waals surface area contributed by atoms with Gasteiger partial charge in [-0.15, -0.1) is 0 Å². The summed E-state index contributed by atoms with van der Waals surface area (Å²) < 4.78 is 23.4. The van der Waals surface area contributed by atoms with Gasteiger partial charge in [0.25, 0.3) is 5.85 Å². The molecule has 1 unspecified atom stereocenters. The second kappa shape index (κ2) is 9.18. The van der Waals surface area contributed by atoms with Gasteiger partial charge in [-0.3, -0.25) is 9.13 Å². The molecule has 0 radical (unpaired) electrons. The number of aliphatic hydroxyl groups is 3. The predicted octanol–water partition coefficient (Wildman–Crippen LogP) is 0.951. The first-order valence-electron chi connectivity index (χ1n) is 11.5. The summed E-state index contributed by atoms with van der Waals surface area (Å²) in [5.74, 6) is -2.09. The lowest BCUT2D eigenvalue weighted by atomic mass is 10.1. The Kier molecular flexibility index (Phi) is 5.92. The average molecular weight is 542 g/mol. The molecule has 5 aromatic rings. The molecule has 15 heteroatoms. The summed E-state index contributed by atoms with van der Waals surface area (Å²) in [6.07, 6.45) is 2.57. The van der Waals surface area contributed by atoms with E-state index in [2.05, 4.69) is 35.2 Å². The molecule has 4 aromatic heterocycles. The lowest BCUT2D eigenvalue weighted by molar-refractivity contribution is -0.163. The molecular weight excluding hydrogens is 521 g/mol. The first-order valence-corrected chi connectivity index (χ1v) is 11.9. The minimum Gasteiger partial charge on any atom is -0.394 e. The van der Waals surface area contributed by atoms with E-state index >= 15 is 0 Å². The molecule has 196 valence electrons. The van der Waals surface area contributed by atoms with Gasteiger partial charge in [-0.1, -0.05) is 17.7 Å². The van der Waals surface area contributed by atoms with Crippen molar-refractivity contribution >= 4 is 39.7 Å². The number of anilines is 1. The quantitative estimate of drug-likeness (QED) is 0.241. The number of nitrogens with one attached hydrogen (secondary N) is 1. The number of aryl methyl sites for hydroxylation is 1. The number of hydrogen-bond donors (Lipinski definition) is 4. The molecule has 1 fully saturated rings. The smallest absolute Gasteiger partial charge is 0.264 e. The van der Waals surface area contributed by atoms with E-state index in [1.54, 1.807) is 13.0 Å². The van der Waals surface area contributed by atoms with Crippen LogP contribution in [0.2, 0.25) is 5.02 Å². The first-order chi connectivity index (χ1) is 18.4. The first kappa shape index (κ1) is 24.5. The van der Waals surface area contributed by atoms with E-state index in [-0.39, 0.29) is 29.1 Å². The minimum atomic E-state index is -1.89. The maximum Gasteiger partial charge on any atom is 0.264 e. The highest BCUT2D eigenvalue weighted by Gasteiger charge is 2.58. The van der Waals surface area contributed by atoms with Crippen LogP contribution in [0.3, 0.4) is 0 Å². The van der Waals surface area contributed by atoms with Gasteiger partial charge in [-0.05, 0) is 18.6 Å². The normalized spacial score (nSPS) is 23.5. The molecule has 1 aliphatic rings. The van der Waals surface area contributed by atoms with Crippen molar-refractivity contribution in [3.05, 3.63) is 65.6 Å². The van der Waals surface area contributed by atoms with Crippen LogP contribution >= 0.6 is 11.6 Å². The molecule has 0 bridgehead atoms. The Labute approximate surface area is 218 Å². The predicted molar refractivity (Wildman–Crippen MR) is 131 cm³/mol. The number of benzene rings is 1. The number of nitrogens with zero attached hydrogens (tertiary/aromatic N) is 8. The molecule has 0 aliphatic carbocycles. The van der Waals surface area contributed by atoms with Crippen LogP contribution in [0.1, 0.15) is 11.1 Å². The van der Waals surface area contributed by atoms with Gasteiger partial charge in [-0.2, -0.15) is 0 Å². The lowest BCUT2D eigenvalue weighted by Crippen LogP contribution is -2.51. The lowest BCUT2D eigenvalue weighted by Gasteiger charge is -2.34. The Hall–Kier alpha value is -3.82. The van der Waals surface area contributed by atoms with E-state index in [9.17, 15) is 19.7 Å². The molecule has 6 rings (SSSR count). The standard InChI is InChI=1S/C23H21ClFN9O4/c1-11-2-3-13(25)12(16(11)24)4-27-20-17-22(30-8-28-20)34(10-32-17)23(19(37)18(36)15(6-35)38-23)33-9-31-14-5-26-7-29-21(14)33/h2-3,5,7-10,15,18-19,35-37H,4,6H2,1H3,(H,27,28,30)/t15-,18-,19-,23?/m1/s1. The third-order valence-electron chi connectivity index (χ3n) is 6.64. The molecule has 1 saturated heterocycles. The minimum absolute atomic E-state index is 0.0178. The Morgan fingerprint density at radius 3 is 2.63 bits per heavy atom. The molecule has 0 amide bonds. The van der Waals surface area contributed by atoms with Crippen molar-refractivity contribution in [3.8, 4) is 0 Å². The summed E-state index contributed by atoms with van der Waals surface area (Å²) in [7, 11) is 0. The largest absolute Gasteiger partial charge is 0.394 e. The second-order valence-corrected chi connectivity index (χ2v) is 9.18. The number of fused-ring (bicyclic) bond motifs is 2. The van der Waals surface area contributed by atoms with Gasteiger partial charge in [0.05, 0.1) is 17.8 Å². The topological polar surface area (TPSA) is 169 Å². The Bertz CT molecular complexity index is 1660. The SMILES string of the molecule is Cc1ccc(F)c(CNc2ncnc3c2ncn3C2(n3cnc4cncnc43)O[C@H](CO)[C@@H](O)[C@H]2O)c1Cl. The number of ether oxygens (including phenoxy) is 1. The van der Waals surface area contributed by atoms with E-state index < -0.39 is 36.6 Å². The molecule has 38 heavy (non-hydrogen) atoms. The van der Waals surface area contributed by atoms with Gasteiger partial charge in [0, 0.05) is 12.1 Å². The molecule has 0 saturated carbocycles. The van der Waals surface area contributed by atoms with Crippen molar-refractivity contribution in [1.29, 1.82) is 0 Å². The summed E-state index contributed by atoms with van der Waals surface area (Å²) in [5, 5.41) is 35.3. The Morgan fingerprint density at radius 2 is 1.84 bits per heavy atom. The van der Waals surface area contributed by atoms with Crippen LogP contribution in [0.4, 0.5) is 10.2 Å². The third-order valence-corrected chi connectivity index (χ3v) is 7.17. The molecule has 13 nitrogen and oxygen atoms in total. The third kappa shape index (κ3) is 3.53. The molecule has 4 N–H and O–H groups in total. The fraction of sp³-hybridized carbons (Fsp3) is 0.304. The molecule has 0 spiro atoms. The molecular formula is C23H21ClFN9O4. The maximum atomic E-state index is 14.5. The van der Waals surface area contributed by atoms with Crippen molar-refractivity contribution in [2.75, 3.05) is 11.9 Å². The van der Waals surface area contributed by atoms with Crippen LogP contribution in [0.25, 0.3) is 22.3 Å². The van der Waals surface area contributed by atoms with Crippen LogP contribution in [0.5, 0.6) is 0 Å². The van der Waals surface area contributed by atoms with Crippen LogP contribution in [0, 0.1) is 12.7 Å². The van der Waals surface area contributed by atoms with E-state index in [0.29, 0.717) is 16.2 Å². The van der Waals surface area contributed by atoms with Gasteiger partial charge in [0.1, 0.15) is 48.9 Å². The van der Waals surface area contributed by atoms with Gasteiger partial charge in [0.2, 0.25) is 0 Å². The summed E-state index contributed by atoms with van der Waals surface area (Å²) >= 11 is 6.31. The van der Waals surface area contributed by atoms with Crippen molar-refractivity contribution in [1.82, 2.24) is 39.0 Å². The summed E-state index contributed by atoms with van der Waals surface area (Å²) in [5.41, 5.74) is 2.17. The van der Waals surface area contributed by atoms with E-state index in [1.807, 2.05) is 0 Å². The van der Waals surface area contributed by atoms with Crippen LogP contribution < -0.4 is 5.32 Å². The maximum absolute atomic E-state index is 14.5. The number of halogens is 2. The Balaban J connectivity index is 1.48. The highest BCUT2D eigenvalue weighted by molar-refractivity contribution is 6.32. The van der Waals surface area contributed by atoms with Gasteiger partial charge in [-0.25, -0.2) is 34.3 Å². The van der Waals surface area contributed by atoms with E-state index in [1.165, 1.54) is 46.7 Å². The van der Waals surface area contributed by atoms with Crippen molar-refractivity contribution in [3.63, 3.8) is 0 Å². The highest BCUT2D eigenvalue weighted by atomic mass is 35.5. The van der Waals surface area contributed by atoms with Gasteiger partial charge in [0.15, 0.2) is 28.7 Å².